The Morgan fingerprint density at radius 3 is 2.41 bits per heavy atom. The number of esters is 1. The zero-order valence-electron chi connectivity index (χ0n) is 18.7. The summed E-state index contributed by atoms with van der Waals surface area (Å²) in [5.41, 5.74) is 3.24. The van der Waals surface area contributed by atoms with Crippen molar-refractivity contribution in [2.24, 2.45) is 10.9 Å². The Labute approximate surface area is 189 Å². The molecule has 2 atom stereocenters. The zero-order valence-corrected chi connectivity index (χ0v) is 18.7. The van der Waals surface area contributed by atoms with E-state index in [2.05, 4.69) is 39.4 Å². The van der Waals surface area contributed by atoms with Gasteiger partial charge in [-0.05, 0) is 25.0 Å². The predicted molar refractivity (Wildman–Crippen MR) is 123 cm³/mol. The van der Waals surface area contributed by atoms with Gasteiger partial charge in [0.15, 0.2) is 5.92 Å². The molecule has 0 unspecified atom stereocenters. The lowest BCUT2D eigenvalue weighted by Gasteiger charge is -2.39. The number of ether oxygens (including phenoxy) is 1. The van der Waals surface area contributed by atoms with Crippen LogP contribution in [0.4, 0.5) is 0 Å². The minimum Gasteiger partial charge on any atom is -0.465 e. The number of carbonyl (C=O) groups is 2. The van der Waals surface area contributed by atoms with Gasteiger partial charge in [0.2, 0.25) is 11.9 Å². The topological polar surface area (TPSA) is 74.2 Å². The quantitative estimate of drug-likeness (QED) is 0.578. The van der Waals surface area contributed by atoms with Gasteiger partial charge in [-0.1, -0.05) is 60.2 Å². The number of carbonyl (C=O) groups excluding carboxylic acids is 2. The maximum atomic E-state index is 13.0. The number of aryl methyl sites for hydroxylation is 1. The molecule has 7 heteroatoms. The molecular formula is C25H30N4O3. The summed E-state index contributed by atoms with van der Waals surface area (Å²) in [7, 11) is 0. The third-order valence-corrected chi connectivity index (χ3v) is 5.97. The number of aliphatic imine (C=N–C) groups is 1. The van der Waals surface area contributed by atoms with Gasteiger partial charge in [0.05, 0.1) is 6.61 Å². The van der Waals surface area contributed by atoms with Crippen LogP contribution in [0.2, 0.25) is 0 Å². The van der Waals surface area contributed by atoms with E-state index in [4.69, 9.17) is 9.73 Å². The van der Waals surface area contributed by atoms with Crippen LogP contribution in [0.5, 0.6) is 0 Å². The summed E-state index contributed by atoms with van der Waals surface area (Å²) in [5, 5.41) is 2.87. The van der Waals surface area contributed by atoms with Gasteiger partial charge in [-0.3, -0.25) is 19.8 Å². The summed E-state index contributed by atoms with van der Waals surface area (Å²) in [6.07, 6.45) is 0. The third kappa shape index (κ3) is 4.99. The molecule has 0 aliphatic carbocycles. The lowest BCUT2D eigenvalue weighted by atomic mass is 9.91. The largest absolute Gasteiger partial charge is 0.465 e. The van der Waals surface area contributed by atoms with Gasteiger partial charge in [0.1, 0.15) is 6.04 Å². The lowest BCUT2D eigenvalue weighted by molar-refractivity contribution is -0.153. The standard InChI is InChI=1S/C25H30N4O3/c1-3-32-24(31)21-22(20-11-9-18(2)10-12-20)26-25(27-23(21)30)29-15-13-28(14-16-29)17-19-7-5-4-6-8-19/h4-12,21-22H,3,13-17H2,1-2H3,(H,26,27,30)/t21-,22+/m1/s1. The van der Waals surface area contributed by atoms with Crippen molar-refractivity contribution >= 4 is 17.8 Å². The second-order valence-corrected chi connectivity index (χ2v) is 8.28. The highest BCUT2D eigenvalue weighted by Crippen LogP contribution is 2.31. The fourth-order valence-electron chi connectivity index (χ4n) is 4.19. The van der Waals surface area contributed by atoms with Crippen molar-refractivity contribution in [3.8, 4) is 0 Å². The predicted octanol–water partition coefficient (Wildman–Crippen LogP) is 2.52. The van der Waals surface area contributed by atoms with Crippen LogP contribution < -0.4 is 5.32 Å². The van der Waals surface area contributed by atoms with E-state index in [0.29, 0.717) is 5.96 Å². The minimum atomic E-state index is -0.985. The van der Waals surface area contributed by atoms with Crippen molar-refractivity contribution in [1.29, 1.82) is 0 Å². The van der Waals surface area contributed by atoms with Crippen molar-refractivity contribution in [2.45, 2.75) is 26.4 Å². The molecular weight excluding hydrogens is 404 g/mol. The molecule has 1 N–H and O–H groups in total. The van der Waals surface area contributed by atoms with Crippen LogP contribution in [0, 0.1) is 12.8 Å². The zero-order chi connectivity index (χ0) is 22.5. The van der Waals surface area contributed by atoms with E-state index < -0.39 is 17.9 Å². The number of guanidine groups is 1. The molecule has 1 saturated heterocycles. The Morgan fingerprint density at radius 2 is 1.75 bits per heavy atom. The van der Waals surface area contributed by atoms with Crippen molar-refractivity contribution < 1.29 is 14.3 Å². The molecule has 0 bridgehead atoms. The molecule has 2 aromatic rings. The molecule has 2 aliphatic rings. The fourth-order valence-corrected chi connectivity index (χ4v) is 4.19. The second kappa shape index (κ2) is 9.96. The normalized spacial score (nSPS) is 21.6. The molecule has 0 saturated carbocycles. The van der Waals surface area contributed by atoms with Crippen LogP contribution in [0.25, 0.3) is 0 Å². The molecule has 7 nitrogen and oxygen atoms in total. The monoisotopic (exact) mass is 434 g/mol. The second-order valence-electron chi connectivity index (χ2n) is 8.28. The summed E-state index contributed by atoms with van der Waals surface area (Å²) in [6, 6.07) is 17.6. The number of amides is 1. The number of benzene rings is 2. The van der Waals surface area contributed by atoms with Gasteiger partial charge in [-0.15, -0.1) is 0 Å². The number of nitrogens with zero attached hydrogens (tertiary/aromatic N) is 3. The number of nitrogens with one attached hydrogen (secondary N) is 1. The summed E-state index contributed by atoms with van der Waals surface area (Å²) in [4.78, 5) is 34.9. The van der Waals surface area contributed by atoms with E-state index in [1.54, 1.807) is 6.92 Å². The fraction of sp³-hybridized carbons (Fsp3) is 0.400. The summed E-state index contributed by atoms with van der Waals surface area (Å²) in [5.74, 6) is -1.34. The smallest absolute Gasteiger partial charge is 0.321 e. The third-order valence-electron chi connectivity index (χ3n) is 5.97. The van der Waals surface area contributed by atoms with E-state index in [9.17, 15) is 9.59 Å². The van der Waals surface area contributed by atoms with E-state index in [1.807, 2.05) is 37.3 Å². The number of hydrogen-bond acceptors (Lipinski definition) is 6. The van der Waals surface area contributed by atoms with Gasteiger partial charge in [-0.2, -0.15) is 0 Å². The van der Waals surface area contributed by atoms with Crippen molar-refractivity contribution in [3.63, 3.8) is 0 Å². The SMILES string of the molecule is CCOC(=O)[C@H]1C(=O)NC(N2CCN(Cc3ccccc3)CC2)=N[C@H]1c1ccc(C)cc1. The first-order chi connectivity index (χ1) is 15.5. The average molecular weight is 435 g/mol. The van der Waals surface area contributed by atoms with Crippen LogP contribution in [-0.2, 0) is 20.9 Å². The van der Waals surface area contributed by atoms with Gasteiger partial charge >= 0.3 is 5.97 Å². The Morgan fingerprint density at radius 1 is 1.06 bits per heavy atom. The molecule has 2 aromatic carbocycles. The van der Waals surface area contributed by atoms with Gasteiger partial charge in [0, 0.05) is 32.7 Å². The molecule has 32 heavy (non-hydrogen) atoms. The maximum Gasteiger partial charge on any atom is 0.321 e. The van der Waals surface area contributed by atoms with Crippen molar-refractivity contribution in [3.05, 3.63) is 71.3 Å². The molecule has 0 aromatic heterocycles. The molecule has 0 spiro atoms. The molecule has 1 amide bonds. The number of hydrogen-bond donors (Lipinski definition) is 1. The van der Waals surface area contributed by atoms with E-state index in [-0.39, 0.29) is 12.5 Å². The van der Waals surface area contributed by atoms with Crippen LogP contribution >= 0.6 is 0 Å². The van der Waals surface area contributed by atoms with Crippen LogP contribution in [0.3, 0.4) is 0 Å². The van der Waals surface area contributed by atoms with E-state index >= 15 is 0 Å². The Bertz CT molecular complexity index is 966. The Hall–Kier alpha value is -3.19. The van der Waals surface area contributed by atoms with Crippen molar-refractivity contribution in [2.75, 3.05) is 32.8 Å². The molecule has 1 fully saturated rings. The molecule has 2 aliphatic heterocycles. The average Bonchev–Trinajstić information content (AvgIpc) is 2.80. The highest BCUT2D eigenvalue weighted by atomic mass is 16.5. The first-order valence-corrected chi connectivity index (χ1v) is 11.2. The van der Waals surface area contributed by atoms with E-state index in [1.165, 1.54) is 5.56 Å². The van der Waals surface area contributed by atoms with Gasteiger partial charge in [0.25, 0.3) is 0 Å². The molecule has 0 radical (unpaired) electrons. The lowest BCUT2D eigenvalue weighted by Crippen LogP contribution is -2.57. The first-order valence-electron chi connectivity index (χ1n) is 11.2. The Balaban J connectivity index is 1.51. The summed E-state index contributed by atoms with van der Waals surface area (Å²) < 4.78 is 5.19. The van der Waals surface area contributed by atoms with Crippen LogP contribution in [-0.4, -0.2) is 60.4 Å². The van der Waals surface area contributed by atoms with Crippen LogP contribution in [0.1, 0.15) is 29.7 Å². The van der Waals surface area contributed by atoms with Gasteiger partial charge < -0.3 is 9.64 Å². The highest BCUT2D eigenvalue weighted by Gasteiger charge is 2.42. The van der Waals surface area contributed by atoms with Gasteiger partial charge in [-0.25, -0.2) is 4.99 Å². The highest BCUT2D eigenvalue weighted by molar-refractivity contribution is 6.08. The van der Waals surface area contributed by atoms with Crippen LogP contribution in [0.15, 0.2) is 59.6 Å². The molecule has 168 valence electrons. The molecule has 2 heterocycles. The minimum absolute atomic E-state index is 0.225. The summed E-state index contributed by atoms with van der Waals surface area (Å²) in [6.45, 7) is 8.15. The first kappa shape index (κ1) is 22.0. The van der Waals surface area contributed by atoms with E-state index in [0.717, 1.165) is 43.9 Å². The number of piperazine rings is 1. The maximum absolute atomic E-state index is 13.0. The Kier molecular flexibility index (Phi) is 6.85. The van der Waals surface area contributed by atoms with Crippen molar-refractivity contribution in [1.82, 2.24) is 15.1 Å². The summed E-state index contributed by atoms with van der Waals surface area (Å²) >= 11 is 0. The number of rotatable bonds is 5. The molecule has 4 rings (SSSR count).